The van der Waals surface area contributed by atoms with Crippen molar-refractivity contribution in [1.29, 1.82) is 0 Å². The van der Waals surface area contributed by atoms with Gasteiger partial charge in [-0.2, -0.15) is 65.9 Å². The van der Waals surface area contributed by atoms with Gasteiger partial charge >= 0.3 is 86.6 Å². The fourth-order valence-electron chi connectivity index (χ4n) is 5.49. The second kappa shape index (κ2) is 47.1. The topological polar surface area (TPSA) is 441 Å². The minimum atomic E-state index is -6.09. The van der Waals surface area contributed by atoms with Crippen molar-refractivity contribution in [1.82, 2.24) is 59.8 Å². The van der Waals surface area contributed by atoms with Crippen LogP contribution in [0, 0.1) is 0 Å². The fraction of sp³-hybridized carbons (Fsp3) is 0.0943. The molecule has 10 rings (SSSR count). The van der Waals surface area contributed by atoms with Crippen molar-refractivity contribution in [3.8, 4) is 68.3 Å². The van der Waals surface area contributed by atoms with Crippen molar-refractivity contribution in [2.24, 2.45) is 0 Å². The van der Waals surface area contributed by atoms with Crippen LogP contribution >= 0.6 is 0 Å². The van der Waals surface area contributed by atoms with Gasteiger partial charge in [-0.25, -0.2) is 42.1 Å². The molecule has 0 bridgehead atoms. The second-order valence-electron chi connectivity index (χ2n) is 16.7. The normalized spacial score (nSPS) is 11.0. The van der Waals surface area contributed by atoms with Crippen LogP contribution in [0.5, 0.6) is 0 Å². The van der Waals surface area contributed by atoms with Crippen LogP contribution in [0.15, 0.2) is 220 Å². The molecule has 10 aromatic rings. The zero-order chi connectivity index (χ0) is 75.9. The van der Waals surface area contributed by atoms with Crippen molar-refractivity contribution in [2.75, 3.05) is 0 Å². The maximum Gasteiger partial charge on any atom is 3.00 e. The molecule has 572 valence electrons. The summed E-state index contributed by atoms with van der Waals surface area (Å²) in [6.45, 7) is 0. The van der Waals surface area contributed by atoms with Gasteiger partial charge in [0, 0.05) is 74.4 Å². The fourth-order valence-corrected chi connectivity index (χ4v) is 5.49. The summed E-state index contributed by atoms with van der Waals surface area (Å²) in [6.07, 6.45) is 20.7. The first-order valence-electron chi connectivity index (χ1n) is 25.1. The number of hydrogen-bond donors (Lipinski definition) is 0. The van der Waals surface area contributed by atoms with E-state index in [1.54, 1.807) is 74.4 Å². The monoisotopic (exact) mass is 2080 g/mol. The third kappa shape index (κ3) is 39.5. The zero-order valence-electron chi connectivity index (χ0n) is 50.3. The molecular weight excluding hydrogens is 2040 g/mol. The number of hydrogen-bond acceptors (Lipinski definition) is 27. The van der Waals surface area contributed by atoms with E-state index in [0.29, 0.717) is 0 Å². The van der Waals surface area contributed by atoms with Gasteiger partial charge in [0.2, 0.25) is 0 Å². The Morgan fingerprint density at radius 3 is 0.400 bits per heavy atom. The van der Waals surface area contributed by atoms with Gasteiger partial charge in [0.25, 0.3) is 0 Å². The molecule has 0 aliphatic heterocycles. The van der Waals surface area contributed by atoms with Crippen molar-refractivity contribution in [3.05, 3.63) is 220 Å². The Bertz CT molecular complexity index is 4070. The van der Waals surface area contributed by atoms with Crippen molar-refractivity contribution in [3.63, 3.8) is 0 Å². The smallest absolute Gasteiger partial charge is 1.00 e. The predicted octanol–water partition coefficient (Wildman–Crippen LogP) is 3.75. The molecule has 0 unspecified atom stereocenters. The standard InChI is InChI=1S/2C14H10N4.2C10H8N2.5CHF3O3S.2ClH.2Os.Rh/c2*1-3-7-15-11(5-1)13-14(18-10-9-17-13)12-6-2-4-8-16-12;2*1-3-7-11-9(5-1)10-6-2-4-8-12-10;5*2-1(3,4)8(5,6)7;;;;;/h2*1-10H;2*1-8H;5*(H,5,6,7);2*1H;;;/q;;;;;;;;;;;2*+2;+3/p-7. The molecule has 0 N–H and O–H groups in total. The van der Waals surface area contributed by atoms with Gasteiger partial charge in [-0.05, 0) is 97.1 Å². The number of alkyl halides is 15. The Balaban J connectivity index is -0.000000556. The van der Waals surface area contributed by atoms with Crippen LogP contribution < -0.4 is 24.8 Å². The number of nitrogens with zero attached hydrogens (tertiary/aromatic N) is 12. The Hall–Kier alpha value is -7.66. The first-order valence-corrected chi connectivity index (χ1v) is 32.2. The quantitative estimate of drug-likeness (QED) is 0.0990. The van der Waals surface area contributed by atoms with Gasteiger partial charge in [-0.1, -0.05) is 48.5 Å². The van der Waals surface area contributed by atoms with Crippen LogP contribution in [0.1, 0.15) is 0 Å². The molecule has 10 heterocycles. The molecule has 0 atom stereocenters. The first-order chi connectivity index (χ1) is 46.1. The number of rotatable bonds is 6. The summed E-state index contributed by atoms with van der Waals surface area (Å²) >= 11 is 0. The van der Waals surface area contributed by atoms with E-state index in [1.807, 2.05) is 146 Å². The molecule has 10 aromatic heterocycles. The largest absolute Gasteiger partial charge is 3.00 e. The third-order valence-corrected chi connectivity index (χ3v) is 12.5. The average Bonchev–Trinajstić information content (AvgIpc) is 0.821. The van der Waals surface area contributed by atoms with Gasteiger partial charge in [0.1, 0.15) is 22.8 Å². The number of halogens is 17. The molecule has 0 fully saturated rings. The molecule has 0 aromatic carbocycles. The van der Waals surface area contributed by atoms with E-state index >= 15 is 0 Å². The molecule has 0 amide bonds. The van der Waals surface area contributed by atoms with Gasteiger partial charge in [0.05, 0.1) is 45.6 Å². The van der Waals surface area contributed by atoms with E-state index < -0.39 is 78.1 Å². The van der Waals surface area contributed by atoms with Crippen molar-refractivity contribution in [2.45, 2.75) is 27.5 Å². The van der Waals surface area contributed by atoms with Gasteiger partial charge in [-0.15, -0.1) is 0 Å². The summed E-state index contributed by atoms with van der Waals surface area (Å²) in [6, 6.07) is 46.1. The summed E-state index contributed by atoms with van der Waals surface area (Å²) in [5.41, 5.74) is -18.4. The molecule has 0 radical (unpaired) electrons. The summed E-state index contributed by atoms with van der Waals surface area (Å²) in [5.74, 6) is 0. The van der Waals surface area contributed by atoms with Crippen molar-refractivity contribution >= 4 is 50.6 Å². The van der Waals surface area contributed by atoms with E-state index in [2.05, 4.69) is 59.8 Å². The summed E-state index contributed by atoms with van der Waals surface area (Å²) in [4.78, 5) is 51.4. The molecule has 0 spiro atoms. The van der Waals surface area contributed by atoms with Crippen LogP contribution in [0.25, 0.3) is 68.3 Å². The van der Waals surface area contributed by atoms with E-state index in [1.165, 1.54) is 0 Å². The Morgan fingerprint density at radius 2 is 0.314 bits per heavy atom. The molecule has 0 aliphatic carbocycles. The van der Waals surface area contributed by atoms with Crippen LogP contribution in [0.2, 0.25) is 0 Å². The van der Waals surface area contributed by atoms with Crippen LogP contribution in [0.4, 0.5) is 65.9 Å². The van der Waals surface area contributed by atoms with Gasteiger partial charge < -0.3 is 47.6 Å². The molecule has 105 heavy (non-hydrogen) atoms. The minimum absolute atomic E-state index is 0. The molecular formula is C53H36Cl2F15N12O15Os2RhS5. The van der Waals surface area contributed by atoms with Crippen LogP contribution in [-0.4, -0.2) is 152 Å². The Morgan fingerprint density at radius 1 is 0.210 bits per heavy atom. The van der Waals surface area contributed by atoms with E-state index in [0.717, 1.165) is 68.3 Å². The Kier molecular flexibility index (Phi) is 46.5. The maximum atomic E-state index is 10.7. The summed E-state index contributed by atoms with van der Waals surface area (Å²) < 4.78 is 295. The van der Waals surface area contributed by atoms with Crippen LogP contribution in [0.3, 0.4) is 0 Å². The number of aromatic nitrogens is 12. The maximum absolute atomic E-state index is 10.7. The summed E-state index contributed by atoms with van der Waals surface area (Å²) in [7, 11) is -30.5. The van der Waals surface area contributed by atoms with E-state index in [4.69, 9.17) is 64.9 Å². The molecule has 52 heteroatoms. The predicted molar refractivity (Wildman–Crippen MR) is 311 cm³/mol. The minimum Gasteiger partial charge on any atom is -1.00 e. The van der Waals surface area contributed by atoms with Gasteiger partial charge in [0.15, 0.2) is 50.6 Å². The van der Waals surface area contributed by atoms with E-state index in [9.17, 15) is 65.9 Å². The summed E-state index contributed by atoms with van der Waals surface area (Å²) in [5, 5.41) is 0. The second-order valence-corrected chi connectivity index (χ2v) is 23.6. The molecule has 27 nitrogen and oxygen atoms in total. The van der Waals surface area contributed by atoms with E-state index in [-0.39, 0.29) is 83.9 Å². The first kappa shape index (κ1) is 104. The third-order valence-electron chi connectivity index (χ3n) is 9.63. The Labute approximate surface area is 636 Å². The average molecular weight is 2080 g/mol. The van der Waals surface area contributed by atoms with Gasteiger partial charge in [-0.3, -0.25) is 59.8 Å². The molecule has 0 saturated carbocycles. The molecule has 0 saturated heterocycles. The zero-order valence-corrected chi connectivity index (χ0v) is 62.6. The SMILES string of the molecule is O=S(=O)([O-])C(F)(F)F.O=S(=O)([O-])C(F)(F)F.O=S(=O)([O-])C(F)(F)F.O=S(=O)([O-])C(F)(F)F.O=S(=O)([O-])C(F)(F)F.[Cl-].[Cl-].[Os+2].[Os+2].[Rh+3].c1ccc(-c2ccccn2)nc1.c1ccc(-c2ccccn2)nc1.c1ccc(-c2nccnc2-c2ccccn2)nc1.c1ccc(-c2nccnc2-c2ccccn2)nc1. The van der Waals surface area contributed by atoms with Crippen LogP contribution in [-0.2, 0) is 110 Å². The van der Waals surface area contributed by atoms with Crippen molar-refractivity contribution < 1.29 is 215 Å². The number of pyridine rings is 8. The molecule has 0 aliphatic rings.